The van der Waals surface area contributed by atoms with Crippen LogP contribution in [0.25, 0.3) is 0 Å². The second-order valence-electron chi connectivity index (χ2n) is 6.40. The summed E-state index contributed by atoms with van der Waals surface area (Å²) in [7, 11) is 2.95. The largest absolute Gasteiger partial charge is 0.126 e. The summed E-state index contributed by atoms with van der Waals surface area (Å²) in [6.07, 6.45) is 7.37. The monoisotopic (exact) mass is 206 g/mol. The van der Waals surface area contributed by atoms with Crippen molar-refractivity contribution in [1.29, 1.82) is 0 Å². The smallest absolute Gasteiger partial charge is 0.0749 e. The third kappa shape index (κ3) is 5.68. The van der Waals surface area contributed by atoms with Crippen molar-refractivity contribution in [3.05, 3.63) is 0 Å². The first-order valence-electron chi connectivity index (χ1n) is 7.08. The fraction of sp³-hybridized carbons (Fsp3) is 1.00. The van der Waals surface area contributed by atoms with Gasteiger partial charge < -0.3 is 0 Å². The van der Waals surface area contributed by atoms with Gasteiger partial charge in [0.05, 0.1) is 0 Å². The van der Waals surface area contributed by atoms with Crippen molar-refractivity contribution in [2.45, 2.75) is 71.2 Å². The van der Waals surface area contributed by atoms with Crippen LogP contribution in [-0.2, 0) is 0 Å². The molecule has 4 unspecified atom stereocenters. The van der Waals surface area contributed by atoms with Crippen molar-refractivity contribution >= 4 is 14.6 Å². The minimum absolute atomic E-state index is 1.01. The molecule has 4 atom stereocenters. The SMILES string of the molecule is CC1BC(C)CC1.CC1CBCC(C)C1. The highest BCUT2D eigenvalue weighted by molar-refractivity contribution is 6.40. The summed E-state index contributed by atoms with van der Waals surface area (Å²) >= 11 is 0. The number of hydrogen-bond donors (Lipinski definition) is 0. The van der Waals surface area contributed by atoms with Crippen molar-refractivity contribution in [2.24, 2.45) is 11.8 Å². The first-order chi connectivity index (χ1) is 7.08. The van der Waals surface area contributed by atoms with Gasteiger partial charge in [0.15, 0.2) is 0 Å². The topological polar surface area (TPSA) is 0 Å². The standard InChI is InChI=1S/C7H15B.C6H13B/c1-6-3-7(2)5-8-4-6;1-5-3-4-6(2)7-5/h6-8H,3-5H2,1-2H3;5-7H,3-4H2,1-2H3. The van der Waals surface area contributed by atoms with E-state index in [1.54, 1.807) is 0 Å². The third-order valence-electron chi connectivity index (χ3n) is 4.16. The number of hydrogen-bond acceptors (Lipinski definition) is 0. The molecule has 15 heavy (non-hydrogen) atoms. The molecule has 0 N–H and O–H groups in total. The maximum absolute atomic E-state index is 2.37. The second kappa shape index (κ2) is 6.66. The minimum Gasteiger partial charge on any atom is -0.0749 e. The molecule has 0 radical (unpaired) electrons. The molecule has 0 amide bonds. The van der Waals surface area contributed by atoms with Gasteiger partial charge in [-0.25, -0.2) is 0 Å². The van der Waals surface area contributed by atoms with Gasteiger partial charge >= 0.3 is 0 Å². The molecular weight excluding hydrogens is 178 g/mol. The van der Waals surface area contributed by atoms with Gasteiger partial charge in [0.1, 0.15) is 14.6 Å². The molecule has 2 rings (SSSR count). The highest BCUT2D eigenvalue weighted by atomic mass is 14.1. The van der Waals surface area contributed by atoms with Crippen molar-refractivity contribution in [2.75, 3.05) is 0 Å². The van der Waals surface area contributed by atoms with E-state index in [4.69, 9.17) is 0 Å². The summed E-state index contributed by atoms with van der Waals surface area (Å²) in [6, 6.07) is 0. The molecule has 0 aromatic carbocycles. The molecule has 2 fully saturated rings. The van der Waals surface area contributed by atoms with Gasteiger partial charge in [0.25, 0.3) is 0 Å². The van der Waals surface area contributed by atoms with E-state index in [1.165, 1.54) is 46.5 Å². The molecule has 0 bridgehead atoms. The number of rotatable bonds is 0. The first-order valence-corrected chi connectivity index (χ1v) is 7.08. The fourth-order valence-corrected chi connectivity index (χ4v) is 3.23. The van der Waals surface area contributed by atoms with E-state index in [0.717, 1.165) is 23.5 Å². The molecular formula is C13H28B2. The van der Waals surface area contributed by atoms with E-state index in [1.807, 2.05) is 0 Å². The summed E-state index contributed by atoms with van der Waals surface area (Å²) in [5, 5.41) is 0. The van der Waals surface area contributed by atoms with Crippen LogP contribution >= 0.6 is 0 Å². The molecule has 0 aromatic rings. The molecule has 2 aliphatic rings. The van der Waals surface area contributed by atoms with Crippen LogP contribution in [0.5, 0.6) is 0 Å². The Hall–Kier alpha value is 0.130. The molecule has 0 spiro atoms. The van der Waals surface area contributed by atoms with Gasteiger partial charge in [-0.1, -0.05) is 76.6 Å². The van der Waals surface area contributed by atoms with Crippen LogP contribution in [0, 0.1) is 11.8 Å². The lowest BCUT2D eigenvalue weighted by molar-refractivity contribution is 0.444. The van der Waals surface area contributed by atoms with Crippen LogP contribution in [0.2, 0.25) is 24.3 Å². The van der Waals surface area contributed by atoms with Crippen molar-refractivity contribution < 1.29 is 0 Å². The Bertz CT molecular complexity index is 154. The first kappa shape index (κ1) is 13.2. The molecule has 86 valence electrons. The average molecular weight is 206 g/mol. The average Bonchev–Trinajstić information content (AvgIpc) is 2.50. The minimum atomic E-state index is 1.01. The Morgan fingerprint density at radius 1 is 0.800 bits per heavy atom. The summed E-state index contributed by atoms with van der Waals surface area (Å²) in [4.78, 5) is 0. The van der Waals surface area contributed by atoms with E-state index in [2.05, 4.69) is 27.7 Å². The van der Waals surface area contributed by atoms with E-state index in [0.29, 0.717) is 0 Å². The molecule has 0 nitrogen and oxygen atoms in total. The molecule has 0 saturated carbocycles. The summed E-state index contributed by atoms with van der Waals surface area (Å²) < 4.78 is 0. The quantitative estimate of drug-likeness (QED) is 0.529. The zero-order chi connectivity index (χ0) is 11.3. The van der Waals surface area contributed by atoms with Crippen LogP contribution in [0.3, 0.4) is 0 Å². The molecule has 2 saturated heterocycles. The second-order valence-corrected chi connectivity index (χ2v) is 6.40. The highest BCUT2D eigenvalue weighted by Crippen LogP contribution is 2.30. The Balaban J connectivity index is 0.000000151. The fourth-order valence-electron chi connectivity index (χ4n) is 3.23. The van der Waals surface area contributed by atoms with E-state index < -0.39 is 0 Å². The Labute approximate surface area is 98.1 Å². The Morgan fingerprint density at radius 3 is 1.47 bits per heavy atom. The van der Waals surface area contributed by atoms with Gasteiger partial charge in [-0.3, -0.25) is 0 Å². The normalized spacial score (nSPS) is 39.7. The lowest BCUT2D eigenvalue weighted by atomic mass is 9.57. The molecule has 2 aliphatic heterocycles. The molecule has 0 aliphatic carbocycles. The zero-order valence-corrected chi connectivity index (χ0v) is 11.3. The van der Waals surface area contributed by atoms with Gasteiger partial charge in [-0.05, 0) is 6.42 Å². The van der Waals surface area contributed by atoms with Gasteiger partial charge in [0, 0.05) is 0 Å². The lowest BCUT2D eigenvalue weighted by Gasteiger charge is -2.21. The Kier molecular flexibility index (Phi) is 5.86. The highest BCUT2D eigenvalue weighted by Gasteiger charge is 2.18. The Morgan fingerprint density at radius 2 is 1.27 bits per heavy atom. The van der Waals surface area contributed by atoms with Crippen LogP contribution in [0.1, 0.15) is 47.0 Å². The maximum atomic E-state index is 2.37. The van der Waals surface area contributed by atoms with Crippen LogP contribution < -0.4 is 0 Å². The van der Waals surface area contributed by atoms with E-state index in [9.17, 15) is 0 Å². The van der Waals surface area contributed by atoms with Crippen LogP contribution in [0.15, 0.2) is 0 Å². The van der Waals surface area contributed by atoms with E-state index in [-0.39, 0.29) is 0 Å². The molecule has 2 heteroatoms. The molecule has 0 aromatic heterocycles. The van der Waals surface area contributed by atoms with Gasteiger partial charge in [0.2, 0.25) is 0 Å². The predicted octanol–water partition coefficient (Wildman–Crippen LogP) is 3.77. The third-order valence-corrected chi connectivity index (χ3v) is 4.16. The van der Waals surface area contributed by atoms with Crippen molar-refractivity contribution in [3.63, 3.8) is 0 Å². The predicted molar refractivity (Wildman–Crippen MR) is 74.9 cm³/mol. The zero-order valence-electron chi connectivity index (χ0n) is 11.3. The van der Waals surface area contributed by atoms with Crippen molar-refractivity contribution in [1.82, 2.24) is 0 Å². The molecule has 2 heterocycles. The summed E-state index contributed by atoms with van der Waals surface area (Å²) in [6.45, 7) is 9.44. The van der Waals surface area contributed by atoms with Gasteiger partial charge in [-0.15, -0.1) is 0 Å². The maximum Gasteiger partial charge on any atom is 0.126 e. The van der Waals surface area contributed by atoms with E-state index >= 15 is 0 Å². The van der Waals surface area contributed by atoms with Crippen molar-refractivity contribution in [3.8, 4) is 0 Å². The summed E-state index contributed by atoms with van der Waals surface area (Å²) in [5.41, 5.74) is 0. The lowest BCUT2D eigenvalue weighted by Crippen LogP contribution is -2.14. The van der Waals surface area contributed by atoms with Crippen LogP contribution in [-0.4, -0.2) is 14.6 Å². The van der Waals surface area contributed by atoms with Gasteiger partial charge in [-0.2, -0.15) is 0 Å². The summed E-state index contributed by atoms with van der Waals surface area (Å²) in [5.74, 6) is 4.07. The van der Waals surface area contributed by atoms with Crippen LogP contribution in [0.4, 0.5) is 0 Å².